The van der Waals surface area contributed by atoms with E-state index in [0.717, 1.165) is 38.6 Å². The molecular weight excluding hydrogens is 397 g/mol. The summed E-state index contributed by atoms with van der Waals surface area (Å²) in [6.45, 7) is 10.0. The number of nitrogens with one attached hydrogen (secondary N) is 2. The highest BCUT2D eigenvalue weighted by atomic mass is 127. The van der Waals surface area contributed by atoms with Crippen LogP contribution in [0.2, 0.25) is 0 Å². The molecule has 0 fully saturated rings. The van der Waals surface area contributed by atoms with Gasteiger partial charge in [-0.2, -0.15) is 16.9 Å². The zero-order chi connectivity index (χ0) is 14.8. The fourth-order valence-corrected chi connectivity index (χ4v) is 1.75. The molecule has 0 amide bonds. The molecule has 7 heteroatoms. The molecule has 1 rings (SSSR count). The Morgan fingerprint density at radius 2 is 2.14 bits per heavy atom. The minimum absolute atomic E-state index is 0. The highest BCUT2D eigenvalue weighted by Crippen LogP contribution is 2.20. The highest BCUT2D eigenvalue weighted by Gasteiger charge is 2.15. The summed E-state index contributed by atoms with van der Waals surface area (Å²) >= 11 is 1.84. The molecule has 0 aromatic carbocycles. The van der Waals surface area contributed by atoms with E-state index in [4.69, 9.17) is 0 Å². The lowest BCUT2D eigenvalue weighted by Gasteiger charge is -2.20. The number of guanidine groups is 1. The fraction of sp³-hybridized carbons (Fsp3) is 0.714. The van der Waals surface area contributed by atoms with Crippen LogP contribution in [0.15, 0.2) is 23.5 Å². The largest absolute Gasteiger partial charge is 0.357 e. The van der Waals surface area contributed by atoms with Crippen molar-refractivity contribution >= 4 is 41.7 Å². The molecule has 0 saturated heterocycles. The molecular formula is C14H28IN5S. The Balaban J connectivity index is 0.00000400. The standard InChI is InChI=1S/C14H27N5S.HI/c1-5-15-13(17-12-14(2,3)20-4)16-8-6-10-19-11-7-9-18-19;/h7,9,11H,5-6,8,10,12H2,1-4H3,(H2,15,16,17);1H. The summed E-state index contributed by atoms with van der Waals surface area (Å²) in [7, 11) is 0. The first-order valence-electron chi connectivity index (χ1n) is 7.12. The van der Waals surface area contributed by atoms with Gasteiger partial charge in [0, 0.05) is 36.8 Å². The fourth-order valence-electron chi connectivity index (χ4n) is 1.56. The molecule has 0 aliphatic carbocycles. The molecule has 0 bridgehead atoms. The summed E-state index contributed by atoms with van der Waals surface area (Å²) < 4.78 is 2.12. The number of aliphatic imine (C=N–C) groups is 1. The van der Waals surface area contributed by atoms with Gasteiger partial charge in [-0.05, 0) is 39.5 Å². The molecule has 1 aromatic rings. The average Bonchev–Trinajstić information content (AvgIpc) is 2.94. The van der Waals surface area contributed by atoms with Gasteiger partial charge in [0.2, 0.25) is 0 Å². The topological polar surface area (TPSA) is 54.2 Å². The third-order valence-corrected chi connectivity index (χ3v) is 4.16. The quantitative estimate of drug-likeness (QED) is 0.291. The number of aryl methyl sites for hydroxylation is 1. The second-order valence-corrected chi connectivity index (χ2v) is 6.72. The van der Waals surface area contributed by atoms with Gasteiger partial charge in [0.15, 0.2) is 5.96 Å². The van der Waals surface area contributed by atoms with Crippen molar-refractivity contribution in [3.05, 3.63) is 18.5 Å². The first kappa shape index (κ1) is 20.6. The van der Waals surface area contributed by atoms with E-state index in [1.807, 2.05) is 34.9 Å². The maximum atomic E-state index is 4.64. The van der Waals surface area contributed by atoms with E-state index in [0.29, 0.717) is 0 Å². The molecule has 2 N–H and O–H groups in total. The van der Waals surface area contributed by atoms with E-state index in [9.17, 15) is 0 Å². The van der Waals surface area contributed by atoms with Crippen molar-refractivity contribution in [2.45, 2.75) is 38.5 Å². The third kappa shape index (κ3) is 9.23. The van der Waals surface area contributed by atoms with E-state index >= 15 is 0 Å². The van der Waals surface area contributed by atoms with E-state index in [-0.39, 0.29) is 28.7 Å². The van der Waals surface area contributed by atoms with Crippen LogP contribution in [0, 0.1) is 0 Å². The summed E-state index contributed by atoms with van der Waals surface area (Å²) in [4.78, 5) is 4.64. The molecule has 0 atom stereocenters. The van der Waals surface area contributed by atoms with Crippen LogP contribution in [-0.4, -0.2) is 46.4 Å². The molecule has 0 spiro atoms. The van der Waals surface area contributed by atoms with Crippen molar-refractivity contribution in [2.24, 2.45) is 4.99 Å². The monoisotopic (exact) mass is 425 g/mol. The van der Waals surface area contributed by atoms with Crippen molar-refractivity contribution in [3.63, 3.8) is 0 Å². The van der Waals surface area contributed by atoms with Crippen LogP contribution < -0.4 is 10.6 Å². The van der Waals surface area contributed by atoms with Crippen molar-refractivity contribution in [2.75, 3.05) is 25.9 Å². The summed E-state index contributed by atoms with van der Waals surface area (Å²) in [6, 6.07) is 1.95. The normalized spacial score (nSPS) is 11.9. The Hall–Kier alpha value is -0.440. The number of rotatable bonds is 8. The van der Waals surface area contributed by atoms with Crippen molar-refractivity contribution < 1.29 is 0 Å². The Kier molecular flexibility index (Phi) is 10.9. The van der Waals surface area contributed by atoms with Crippen LogP contribution >= 0.6 is 35.7 Å². The van der Waals surface area contributed by atoms with Crippen LogP contribution in [0.25, 0.3) is 0 Å². The molecule has 0 unspecified atom stereocenters. The number of halogens is 1. The third-order valence-electron chi connectivity index (χ3n) is 2.93. The maximum Gasteiger partial charge on any atom is 0.191 e. The van der Waals surface area contributed by atoms with Crippen molar-refractivity contribution in [3.8, 4) is 0 Å². The van der Waals surface area contributed by atoms with Crippen molar-refractivity contribution in [1.82, 2.24) is 20.4 Å². The van der Waals surface area contributed by atoms with E-state index in [1.165, 1.54) is 0 Å². The van der Waals surface area contributed by atoms with Crippen LogP contribution in [0.5, 0.6) is 0 Å². The lowest BCUT2D eigenvalue weighted by Crippen LogP contribution is -2.39. The number of hydrogen-bond donors (Lipinski definition) is 2. The van der Waals surface area contributed by atoms with Gasteiger partial charge < -0.3 is 10.6 Å². The zero-order valence-electron chi connectivity index (χ0n) is 13.4. The first-order valence-corrected chi connectivity index (χ1v) is 8.34. The van der Waals surface area contributed by atoms with Gasteiger partial charge in [0.05, 0.1) is 6.54 Å². The van der Waals surface area contributed by atoms with E-state index in [2.05, 4.69) is 47.8 Å². The Morgan fingerprint density at radius 1 is 1.38 bits per heavy atom. The van der Waals surface area contributed by atoms with Crippen LogP contribution in [0.3, 0.4) is 0 Å². The molecule has 122 valence electrons. The predicted octanol–water partition coefficient (Wildman–Crippen LogP) is 2.59. The molecule has 21 heavy (non-hydrogen) atoms. The van der Waals surface area contributed by atoms with Gasteiger partial charge in [-0.15, -0.1) is 24.0 Å². The second-order valence-electron chi connectivity index (χ2n) is 5.21. The number of aromatic nitrogens is 2. The van der Waals surface area contributed by atoms with Crippen LogP contribution in [-0.2, 0) is 6.54 Å². The Morgan fingerprint density at radius 3 is 2.71 bits per heavy atom. The lowest BCUT2D eigenvalue weighted by molar-refractivity contribution is 0.570. The number of nitrogens with zero attached hydrogens (tertiary/aromatic N) is 3. The van der Waals surface area contributed by atoms with Crippen LogP contribution in [0.1, 0.15) is 27.2 Å². The summed E-state index contributed by atoms with van der Waals surface area (Å²) in [5.41, 5.74) is 0. The Bertz CT molecular complexity index is 392. The molecule has 0 saturated carbocycles. The molecule has 0 aliphatic rings. The molecule has 1 aromatic heterocycles. The average molecular weight is 425 g/mol. The minimum Gasteiger partial charge on any atom is -0.357 e. The first-order chi connectivity index (χ1) is 9.57. The SMILES string of the molecule is CCNC(=NCC(C)(C)SC)NCCCn1cccn1.I. The van der Waals surface area contributed by atoms with Gasteiger partial charge in [-0.3, -0.25) is 9.67 Å². The van der Waals surface area contributed by atoms with E-state index in [1.54, 1.807) is 0 Å². The van der Waals surface area contributed by atoms with Gasteiger partial charge >= 0.3 is 0 Å². The van der Waals surface area contributed by atoms with Gasteiger partial charge in [-0.25, -0.2) is 0 Å². The second kappa shape index (κ2) is 11.2. The Labute approximate surface area is 149 Å². The lowest BCUT2D eigenvalue weighted by atomic mass is 10.2. The van der Waals surface area contributed by atoms with Crippen molar-refractivity contribution in [1.29, 1.82) is 0 Å². The summed E-state index contributed by atoms with van der Waals surface area (Å²) in [5, 5.41) is 10.8. The minimum atomic E-state index is 0. The summed E-state index contributed by atoms with van der Waals surface area (Å²) in [5.74, 6) is 0.898. The maximum absolute atomic E-state index is 4.64. The molecule has 5 nitrogen and oxygen atoms in total. The van der Waals surface area contributed by atoms with Gasteiger partial charge in [-0.1, -0.05) is 0 Å². The molecule has 1 heterocycles. The van der Waals surface area contributed by atoms with Gasteiger partial charge in [0.25, 0.3) is 0 Å². The molecule has 0 aliphatic heterocycles. The number of hydrogen-bond acceptors (Lipinski definition) is 3. The number of thioether (sulfide) groups is 1. The smallest absolute Gasteiger partial charge is 0.191 e. The highest BCUT2D eigenvalue weighted by molar-refractivity contribution is 14.0. The summed E-state index contributed by atoms with van der Waals surface area (Å²) in [6.07, 6.45) is 6.95. The predicted molar refractivity (Wildman–Crippen MR) is 104 cm³/mol. The van der Waals surface area contributed by atoms with Crippen LogP contribution in [0.4, 0.5) is 0 Å². The molecule has 0 radical (unpaired) electrons. The van der Waals surface area contributed by atoms with Gasteiger partial charge in [0.1, 0.15) is 0 Å². The zero-order valence-corrected chi connectivity index (χ0v) is 16.6. The van der Waals surface area contributed by atoms with E-state index < -0.39 is 0 Å².